The third-order valence-corrected chi connectivity index (χ3v) is 7.87. The van der Waals surface area contributed by atoms with Crippen molar-refractivity contribution in [2.45, 2.75) is 44.9 Å². The summed E-state index contributed by atoms with van der Waals surface area (Å²) in [5.41, 5.74) is 2.45. The number of carbonyl (C=O) groups is 1. The SMILES string of the molecule is CCS(=O)(=O)N[C@@H]1[C@@H](F)CN(C(=O)N2CCC2)[C@H]1Cc1cccc(-c2cccc(C)c2)c1F. The molecule has 0 saturated carbocycles. The number of carbonyl (C=O) groups excluding carboxylic acids is 1. The minimum atomic E-state index is -3.72. The Morgan fingerprint density at radius 3 is 2.55 bits per heavy atom. The maximum absolute atomic E-state index is 15.6. The number of nitrogens with zero attached hydrogens (tertiary/aromatic N) is 2. The van der Waals surface area contributed by atoms with Gasteiger partial charge in [-0.05, 0) is 37.8 Å². The van der Waals surface area contributed by atoms with Crippen LogP contribution in [-0.4, -0.2) is 67.9 Å². The van der Waals surface area contributed by atoms with E-state index in [4.69, 9.17) is 0 Å². The first-order valence-electron chi connectivity index (χ1n) is 11.2. The number of benzene rings is 2. The van der Waals surface area contributed by atoms with Crippen molar-refractivity contribution in [1.29, 1.82) is 0 Å². The molecule has 178 valence electrons. The number of hydrogen-bond donors (Lipinski definition) is 1. The number of halogens is 2. The molecule has 9 heteroatoms. The van der Waals surface area contributed by atoms with Crippen molar-refractivity contribution in [2.24, 2.45) is 0 Å². The van der Waals surface area contributed by atoms with Crippen molar-refractivity contribution in [3.63, 3.8) is 0 Å². The average molecular weight is 478 g/mol. The number of hydrogen-bond acceptors (Lipinski definition) is 3. The number of urea groups is 1. The predicted octanol–water partition coefficient (Wildman–Crippen LogP) is 3.50. The van der Waals surface area contributed by atoms with E-state index in [0.717, 1.165) is 17.5 Å². The molecule has 2 aliphatic rings. The summed E-state index contributed by atoms with van der Waals surface area (Å²) >= 11 is 0. The fraction of sp³-hybridized carbons (Fsp3) is 0.458. The zero-order valence-corrected chi connectivity index (χ0v) is 19.6. The Kier molecular flexibility index (Phi) is 6.72. The molecule has 0 spiro atoms. The standard InChI is InChI=1S/C24H29F2N3O3S/c1-3-33(31,32)27-23-20(25)15-29(24(30)28-11-6-12-28)21(23)14-18-9-5-10-19(22(18)26)17-8-4-7-16(2)13-17/h4-5,7-10,13,20-21,23,27H,3,6,11-12,14-15H2,1-2H3/t20-,21-,23+/m0/s1. The van der Waals surface area contributed by atoms with Gasteiger partial charge in [0.1, 0.15) is 12.0 Å². The topological polar surface area (TPSA) is 69.7 Å². The molecule has 6 nitrogen and oxygen atoms in total. The molecule has 2 aromatic rings. The van der Waals surface area contributed by atoms with Gasteiger partial charge in [0.2, 0.25) is 10.0 Å². The Balaban J connectivity index is 1.68. The molecule has 4 rings (SSSR count). The van der Waals surface area contributed by atoms with E-state index in [2.05, 4.69) is 4.72 Å². The highest BCUT2D eigenvalue weighted by Gasteiger charge is 2.47. The summed E-state index contributed by atoms with van der Waals surface area (Å²) in [5, 5.41) is 0. The summed E-state index contributed by atoms with van der Waals surface area (Å²) in [6, 6.07) is 10.2. The molecule has 0 aliphatic carbocycles. The highest BCUT2D eigenvalue weighted by molar-refractivity contribution is 7.89. The van der Waals surface area contributed by atoms with E-state index < -0.39 is 34.1 Å². The van der Waals surface area contributed by atoms with E-state index in [1.165, 1.54) is 11.8 Å². The van der Waals surface area contributed by atoms with Gasteiger partial charge in [0, 0.05) is 18.7 Å². The molecule has 0 aromatic heterocycles. The third-order valence-electron chi connectivity index (χ3n) is 6.48. The Labute approximate surface area is 193 Å². The van der Waals surface area contributed by atoms with Crippen molar-refractivity contribution in [3.05, 3.63) is 59.4 Å². The van der Waals surface area contributed by atoms with Gasteiger partial charge in [-0.2, -0.15) is 0 Å². The molecule has 0 unspecified atom stereocenters. The second kappa shape index (κ2) is 9.38. The lowest BCUT2D eigenvalue weighted by Crippen LogP contribution is -2.55. The van der Waals surface area contributed by atoms with E-state index in [0.29, 0.717) is 24.2 Å². The van der Waals surface area contributed by atoms with Crippen LogP contribution >= 0.6 is 0 Å². The van der Waals surface area contributed by atoms with Gasteiger partial charge in [-0.1, -0.05) is 48.0 Å². The van der Waals surface area contributed by atoms with Gasteiger partial charge in [0.15, 0.2) is 0 Å². The summed E-state index contributed by atoms with van der Waals surface area (Å²) in [4.78, 5) is 16.0. The first-order chi connectivity index (χ1) is 15.7. The number of aryl methyl sites for hydroxylation is 1. The highest BCUT2D eigenvalue weighted by atomic mass is 32.2. The summed E-state index contributed by atoms with van der Waals surface area (Å²) in [5.74, 6) is -0.654. The van der Waals surface area contributed by atoms with E-state index in [9.17, 15) is 13.2 Å². The lowest BCUT2D eigenvalue weighted by Gasteiger charge is -2.37. The van der Waals surface area contributed by atoms with Crippen molar-refractivity contribution < 1.29 is 22.0 Å². The van der Waals surface area contributed by atoms with Crippen LogP contribution in [0.4, 0.5) is 13.6 Å². The molecule has 2 aliphatic heterocycles. The molecular formula is C24H29F2N3O3S. The fourth-order valence-electron chi connectivity index (χ4n) is 4.46. The number of likely N-dealkylation sites (tertiary alicyclic amines) is 2. The van der Waals surface area contributed by atoms with Crippen LogP contribution < -0.4 is 4.72 Å². The number of sulfonamides is 1. The van der Waals surface area contributed by atoms with E-state index in [-0.39, 0.29) is 24.7 Å². The van der Waals surface area contributed by atoms with Gasteiger partial charge >= 0.3 is 6.03 Å². The summed E-state index contributed by atoms with van der Waals surface area (Å²) < 4.78 is 57.6. The smallest absolute Gasteiger partial charge is 0.320 e. The Hall–Kier alpha value is -2.52. The van der Waals surface area contributed by atoms with Crippen LogP contribution in [0, 0.1) is 12.7 Å². The summed E-state index contributed by atoms with van der Waals surface area (Å²) in [7, 11) is -3.72. The second-order valence-electron chi connectivity index (χ2n) is 8.76. The Bertz CT molecular complexity index is 1140. The maximum Gasteiger partial charge on any atom is 0.320 e. The lowest BCUT2D eigenvalue weighted by atomic mass is 9.95. The zero-order chi connectivity index (χ0) is 23.8. The molecule has 3 atom stereocenters. The predicted molar refractivity (Wildman–Crippen MR) is 124 cm³/mol. The number of amides is 2. The monoisotopic (exact) mass is 477 g/mol. The molecule has 2 saturated heterocycles. The van der Waals surface area contributed by atoms with E-state index >= 15 is 8.78 Å². The van der Waals surface area contributed by atoms with Gasteiger partial charge in [-0.15, -0.1) is 0 Å². The van der Waals surface area contributed by atoms with Gasteiger partial charge < -0.3 is 9.80 Å². The summed E-state index contributed by atoms with van der Waals surface area (Å²) in [6.07, 6.45) is -0.699. The first kappa shape index (κ1) is 23.6. The van der Waals surface area contributed by atoms with Crippen LogP contribution in [0.2, 0.25) is 0 Å². The van der Waals surface area contributed by atoms with E-state index in [1.807, 2.05) is 31.2 Å². The van der Waals surface area contributed by atoms with Crippen molar-refractivity contribution in [1.82, 2.24) is 14.5 Å². The molecule has 33 heavy (non-hydrogen) atoms. The molecule has 0 bridgehead atoms. The third kappa shape index (κ3) is 4.89. The quantitative estimate of drug-likeness (QED) is 0.693. The molecule has 2 fully saturated rings. The number of rotatable bonds is 6. The van der Waals surface area contributed by atoms with Gasteiger partial charge in [0.05, 0.1) is 24.4 Å². The normalized spacial score (nSPS) is 23.0. The number of nitrogens with one attached hydrogen (secondary N) is 1. The first-order valence-corrected chi connectivity index (χ1v) is 12.9. The van der Waals surface area contributed by atoms with Crippen LogP contribution in [0.5, 0.6) is 0 Å². The van der Waals surface area contributed by atoms with Crippen LogP contribution in [0.15, 0.2) is 42.5 Å². The minimum absolute atomic E-state index is 0.00237. The minimum Gasteiger partial charge on any atom is -0.325 e. The fourth-order valence-corrected chi connectivity index (χ4v) is 5.35. The average Bonchev–Trinajstić information content (AvgIpc) is 3.03. The second-order valence-corrected chi connectivity index (χ2v) is 10.8. The highest BCUT2D eigenvalue weighted by Crippen LogP contribution is 2.31. The van der Waals surface area contributed by atoms with Crippen LogP contribution in [0.1, 0.15) is 24.5 Å². The van der Waals surface area contributed by atoms with Crippen LogP contribution in [0.3, 0.4) is 0 Å². The van der Waals surface area contributed by atoms with Crippen molar-refractivity contribution >= 4 is 16.1 Å². The molecule has 0 radical (unpaired) electrons. The van der Waals surface area contributed by atoms with Crippen LogP contribution in [0.25, 0.3) is 11.1 Å². The van der Waals surface area contributed by atoms with Crippen LogP contribution in [-0.2, 0) is 16.4 Å². The van der Waals surface area contributed by atoms with Crippen molar-refractivity contribution in [3.8, 4) is 11.1 Å². The molecule has 1 N–H and O–H groups in total. The largest absolute Gasteiger partial charge is 0.325 e. The van der Waals surface area contributed by atoms with Gasteiger partial charge in [0.25, 0.3) is 0 Å². The Morgan fingerprint density at radius 2 is 1.91 bits per heavy atom. The zero-order valence-electron chi connectivity index (χ0n) is 18.8. The summed E-state index contributed by atoms with van der Waals surface area (Å²) in [6.45, 7) is 4.33. The molecule has 2 amide bonds. The van der Waals surface area contributed by atoms with E-state index in [1.54, 1.807) is 23.1 Å². The van der Waals surface area contributed by atoms with Crippen molar-refractivity contribution in [2.75, 3.05) is 25.4 Å². The van der Waals surface area contributed by atoms with Gasteiger partial charge in [-0.25, -0.2) is 26.7 Å². The lowest BCUT2D eigenvalue weighted by molar-refractivity contribution is 0.119. The Morgan fingerprint density at radius 1 is 1.18 bits per heavy atom. The maximum atomic E-state index is 15.6. The molecular weight excluding hydrogens is 448 g/mol. The molecule has 2 heterocycles. The molecule has 2 aromatic carbocycles. The number of alkyl halides is 1. The van der Waals surface area contributed by atoms with Gasteiger partial charge in [-0.3, -0.25) is 0 Å².